The number of para-hydroxylation sites is 1. The Kier molecular flexibility index (Phi) is 3.55. The molecule has 0 aliphatic heterocycles. The van der Waals surface area contributed by atoms with Gasteiger partial charge < -0.3 is 9.52 Å². The largest absolute Gasteiger partial charge is 0.457 e. The summed E-state index contributed by atoms with van der Waals surface area (Å²) in [6.45, 7) is 2.22. The van der Waals surface area contributed by atoms with Crippen LogP contribution in [0.15, 0.2) is 28.7 Å². The smallest absolute Gasteiger partial charge is 0.152 e. The maximum absolute atomic E-state index is 10.5. The van der Waals surface area contributed by atoms with Crippen LogP contribution in [0.5, 0.6) is 0 Å². The average Bonchev–Trinajstić information content (AvgIpc) is 3.05. The van der Waals surface area contributed by atoms with Gasteiger partial charge in [-0.3, -0.25) is 0 Å². The topological polar surface area (TPSA) is 33.4 Å². The summed E-state index contributed by atoms with van der Waals surface area (Å²) in [5, 5.41) is 12.1. The fourth-order valence-corrected chi connectivity index (χ4v) is 3.42. The Bertz CT molecular complexity index is 575. The van der Waals surface area contributed by atoms with Gasteiger partial charge in [-0.2, -0.15) is 0 Å². The molecule has 1 N–H and O–H groups in total. The normalized spacial score (nSPS) is 25.0. The van der Waals surface area contributed by atoms with Crippen LogP contribution in [0.25, 0.3) is 11.0 Å². The maximum Gasteiger partial charge on any atom is 0.152 e. The van der Waals surface area contributed by atoms with Crippen molar-refractivity contribution in [3.05, 3.63) is 35.0 Å². The number of fused-ring (bicyclic) bond motifs is 1. The highest BCUT2D eigenvalue weighted by molar-refractivity contribution is 6.34. The minimum absolute atomic E-state index is 0.323. The summed E-state index contributed by atoms with van der Waals surface area (Å²) >= 11 is 6.10. The predicted octanol–water partition coefficient (Wildman–Crippen LogP) is 4.95. The van der Waals surface area contributed by atoms with Gasteiger partial charge in [-0.1, -0.05) is 43.5 Å². The van der Waals surface area contributed by atoms with Crippen LogP contribution in [0.4, 0.5) is 0 Å². The second-order valence-electron chi connectivity index (χ2n) is 5.60. The number of aliphatic hydroxyl groups excluding tert-OH is 1. The van der Waals surface area contributed by atoms with Crippen LogP contribution in [0.1, 0.15) is 44.5 Å². The molecule has 0 saturated heterocycles. The van der Waals surface area contributed by atoms with E-state index >= 15 is 0 Å². The molecule has 19 heavy (non-hydrogen) atoms. The van der Waals surface area contributed by atoms with Crippen molar-refractivity contribution in [3.8, 4) is 0 Å². The standard InChI is InChI=1S/C16H19ClO2/c1-2-10-6-7-11(8-10)15(18)14-9-12-4-3-5-13(17)16(12)19-14/h3-5,9-11,15,18H,2,6-8H2,1H3. The van der Waals surface area contributed by atoms with Crippen molar-refractivity contribution in [2.45, 2.75) is 38.7 Å². The number of rotatable bonds is 3. The van der Waals surface area contributed by atoms with Crippen molar-refractivity contribution in [1.82, 2.24) is 0 Å². The zero-order chi connectivity index (χ0) is 13.4. The van der Waals surface area contributed by atoms with E-state index in [0.29, 0.717) is 22.3 Å². The minimum Gasteiger partial charge on any atom is -0.457 e. The zero-order valence-corrected chi connectivity index (χ0v) is 11.9. The Hall–Kier alpha value is -0.990. The van der Waals surface area contributed by atoms with E-state index in [9.17, 15) is 5.11 Å². The van der Waals surface area contributed by atoms with Gasteiger partial charge in [0.1, 0.15) is 11.9 Å². The third kappa shape index (κ3) is 2.39. The van der Waals surface area contributed by atoms with Crippen molar-refractivity contribution in [1.29, 1.82) is 0 Å². The first kappa shape index (κ1) is 13.0. The lowest BCUT2D eigenvalue weighted by molar-refractivity contribution is 0.0882. The van der Waals surface area contributed by atoms with Gasteiger partial charge in [0.15, 0.2) is 5.58 Å². The number of aliphatic hydroxyl groups is 1. The molecule has 1 saturated carbocycles. The lowest BCUT2D eigenvalue weighted by Crippen LogP contribution is -2.08. The molecule has 3 unspecified atom stereocenters. The molecule has 1 fully saturated rings. The Morgan fingerprint density at radius 1 is 1.42 bits per heavy atom. The van der Waals surface area contributed by atoms with Gasteiger partial charge in [-0.25, -0.2) is 0 Å². The van der Waals surface area contributed by atoms with Crippen molar-refractivity contribution in [3.63, 3.8) is 0 Å². The van der Waals surface area contributed by atoms with E-state index < -0.39 is 6.10 Å². The molecule has 102 valence electrons. The molecular formula is C16H19ClO2. The van der Waals surface area contributed by atoms with Gasteiger partial charge in [0, 0.05) is 5.39 Å². The van der Waals surface area contributed by atoms with Crippen molar-refractivity contribution >= 4 is 22.6 Å². The molecule has 0 radical (unpaired) electrons. The maximum atomic E-state index is 10.5. The van der Waals surface area contributed by atoms with Gasteiger partial charge in [0.2, 0.25) is 0 Å². The molecule has 1 heterocycles. The molecule has 0 bridgehead atoms. The third-order valence-electron chi connectivity index (χ3n) is 4.41. The average molecular weight is 279 g/mol. The van der Waals surface area contributed by atoms with Crippen LogP contribution >= 0.6 is 11.6 Å². The zero-order valence-electron chi connectivity index (χ0n) is 11.1. The van der Waals surface area contributed by atoms with E-state index in [-0.39, 0.29) is 0 Å². The van der Waals surface area contributed by atoms with Crippen molar-refractivity contribution < 1.29 is 9.52 Å². The number of hydrogen-bond donors (Lipinski definition) is 1. The number of furan rings is 1. The van der Waals surface area contributed by atoms with Gasteiger partial charge in [0.05, 0.1) is 5.02 Å². The highest BCUT2D eigenvalue weighted by Crippen LogP contribution is 2.41. The summed E-state index contributed by atoms with van der Waals surface area (Å²) in [7, 11) is 0. The van der Waals surface area contributed by atoms with Crippen LogP contribution < -0.4 is 0 Å². The summed E-state index contributed by atoms with van der Waals surface area (Å²) in [5.41, 5.74) is 0.684. The second-order valence-corrected chi connectivity index (χ2v) is 6.01. The molecule has 1 aliphatic rings. The fraction of sp³-hybridized carbons (Fsp3) is 0.500. The van der Waals surface area contributed by atoms with Gasteiger partial charge in [0.25, 0.3) is 0 Å². The van der Waals surface area contributed by atoms with E-state index in [1.54, 1.807) is 0 Å². The molecule has 2 aromatic rings. The summed E-state index contributed by atoms with van der Waals surface area (Å²) in [6.07, 6.45) is 4.11. The Morgan fingerprint density at radius 2 is 2.26 bits per heavy atom. The molecule has 1 aromatic carbocycles. The molecule has 0 amide bonds. The predicted molar refractivity (Wildman–Crippen MR) is 77.3 cm³/mol. The van der Waals surface area contributed by atoms with Gasteiger partial charge >= 0.3 is 0 Å². The van der Waals surface area contributed by atoms with Crippen LogP contribution in [-0.2, 0) is 0 Å². The van der Waals surface area contributed by atoms with Crippen LogP contribution in [0, 0.1) is 11.8 Å². The van der Waals surface area contributed by atoms with Gasteiger partial charge in [-0.15, -0.1) is 0 Å². The summed E-state index contributed by atoms with van der Waals surface area (Å²) in [6, 6.07) is 7.60. The fourth-order valence-electron chi connectivity index (χ4n) is 3.20. The third-order valence-corrected chi connectivity index (χ3v) is 4.71. The molecule has 3 heteroatoms. The molecule has 3 atom stereocenters. The molecule has 1 aliphatic carbocycles. The van der Waals surface area contributed by atoms with Crippen LogP contribution in [-0.4, -0.2) is 5.11 Å². The van der Waals surface area contributed by atoms with Crippen molar-refractivity contribution in [2.75, 3.05) is 0 Å². The van der Waals surface area contributed by atoms with E-state index in [4.69, 9.17) is 16.0 Å². The SMILES string of the molecule is CCC1CCC(C(O)c2cc3cccc(Cl)c3o2)C1. The van der Waals surface area contributed by atoms with Crippen molar-refractivity contribution in [2.24, 2.45) is 11.8 Å². The summed E-state index contributed by atoms with van der Waals surface area (Å²) in [5.74, 6) is 1.74. The second kappa shape index (κ2) is 5.18. The van der Waals surface area contributed by atoms with Gasteiger partial charge in [-0.05, 0) is 36.8 Å². The quantitative estimate of drug-likeness (QED) is 0.862. The Balaban J connectivity index is 1.86. The summed E-state index contributed by atoms with van der Waals surface area (Å²) < 4.78 is 5.76. The molecule has 2 nitrogen and oxygen atoms in total. The number of benzene rings is 1. The Morgan fingerprint density at radius 3 is 2.95 bits per heavy atom. The lowest BCUT2D eigenvalue weighted by atomic mass is 9.96. The summed E-state index contributed by atoms with van der Waals surface area (Å²) in [4.78, 5) is 0. The van der Waals surface area contributed by atoms with E-state index in [1.807, 2.05) is 24.3 Å². The monoisotopic (exact) mass is 278 g/mol. The lowest BCUT2D eigenvalue weighted by Gasteiger charge is -2.15. The molecule has 1 aromatic heterocycles. The minimum atomic E-state index is -0.500. The van der Waals surface area contributed by atoms with Crippen LogP contribution in [0.2, 0.25) is 5.02 Å². The molecule has 3 rings (SSSR count). The van der Waals surface area contributed by atoms with Crippen LogP contribution in [0.3, 0.4) is 0 Å². The first-order chi connectivity index (χ1) is 9.19. The molecular weight excluding hydrogens is 260 g/mol. The highest BCUT2D eigenvalue weighted by atomic mass is 35.5. The molecule has 0 spiro atoms. The van der Waals surface area contributed by atoms with E-state index in [2.05, 4.69) is 6.92 Å². The number of hydrogen-bond acceptors (Lipinski definition) is 2. The number of halogens is 1. The first-order valence-corrected chi connectivity index (χ1v) is 7.43. The first-order valence-electron chi connectivity index (χ1n) is 7.05. The van der Waals surface area contributed by atoms with E-state index in [1.165, 1.54) is 12.8 Å². The Labute approximate surface area is 118 Å². The van der Waals surface area contributed by atoms with E-state index in [0.717, 1.165) is 24.1 Å². The highest BCUT2D eigenvalue weighted by Gasteiger charge is 2.31.